The van der Waals surface area contributed by atoms with Crippen LogP contribution >= 0.6 is 0 Å². The number of anilines is 1. The van der Waals surface area contributed by atoms with Crippen molar-refractivity contribution in [3.63, 3.8) is 0 Å². The van der Waals surface area contributed by atoms with Crippen LogP contribution in [0.25, 0.3) is 0 Å². The van der Waals surface area contributed by atoms with Gasteiger partial charge in [0.1, 0.15) is 11.6 Å². The highest BCUT2D eigenvalue weighted by Crippen LogP contribution is 2.20. The average molecular weight is 401 g/mol. The lowest BCUT2D eigenvalue weighted by atomic mass is 10.2. The van der Waals surface area contributed by atoms with Crippen LogP contribution in [0.4, 0.5) is 10.2 Å². The fourth-order valence-electron chi connectivity index (χ4n) is 4.09. The molecule has 2 aliphatic heterocycles. The lowest BCUT2D eigenvalue weighted by Crippen LogP contribution is -2.45. The second kappa shape index (κ2) is 9.19. The molecule has 1 fully saturated rings. The zero-order valence-corrected chi connectivity index (χ0v) is 16.9. The minimum Gasteiger partial charge on any atom is -0.356 e. The van der Waals surface area contributed by atoms with Crippen molar-refractivity contribution in [2.24, 2.45) is 4.99 Å². The van der Waals surface area contributed by atoms with E-state index in [0.29, 0.717) is 12.4 Å². The Morgan fingerprint density at radius 1 is 1.28 bits per heavy atom. The summed E-state index contributed by atoms with van der Waals surface area (Å²) in [7, 11) is 1.77. The van der Waals surface area contributed by atoms with Gasteiger partial charge in [-0.05, 0) is 31.4 Å². The van der Waals surface area contributed by atoms with Gasteiger partial charge in [-0.3, -0.25) is 4.99 Å². The third-order valence-corrected chi connectivity index (χ3v) is 5.62. The number of pyridine rings is 1. The normalized spacial score (nSPS) is 19.7. The van der Waals surface area contributed by atoms with Crippen molar-refractivity contribution < 1.29 is 4.39 Å². The highest BCUT2D eigenvalue weighted by atomic mass is 19.1. The van der Waals surface area contributed by atoms with Gasteiger partial charge in [-0.25, -0.2) is 9.37 Å². The summed E-state index contributed by atoms with van der Waals surface area (Å²) in [6.07, 6.45) is 8.04. The topological polar surface area (TPSA) is 83.3 Å². The molecular formula is C20H29FN8. The van der Waals surface area contributed by atoms with Gasteiger partial charge in [-0.1, -0.05) is 6.42 Å². The van der Waals surface area contributed by atoms with Gasteiger partial charge in [-0.15, -0.1) is 10.2 Å². The average Bonchev–Trinajstić information content (AvgIpc) is 3.27. The number of fused-ring (bicyclic) bond motifs is 1. The fourth-order valence-corrected chi connectivity index (χ4v) is 4.09. The molecule has 2 aromatic heterocycles. The predicted molar refractivity (Wildman–Crippen MR) is 111 cm³/mol. The van der Waals surface area contributed by atoms with Crippen LogP contribution in [0.2, 0.25) is 0 Å². The molecule has 2 aromatic rings. The summed E-state index contributed by atoms with van der Waals surface area (Å²) < 4.78 is 16.2. The number of nitrogens with zero attached hydrogens (tertiary/aromatic N) is 6. The number of hydrogen-bond donors (Lipinski definition) is 2. The van der Waals surface area contributed by atoms with Crippen molar-refractivity contribution in [3.05, 3.63) is 35.8 Å². The van der Waals surface area contributed by atoms with Gasteiger partial charge >= 0.3 is 0 Å². The molecular weight excluding hydrogens is 371 g/mol. The Morgan fingerprint density at radius 2 is 2.21 bits per heavy atom. The largest absolute Gasteiger partial charge is 0.356 e. The molecule has 0 amide bonds. The lowest BCUT2D eigenvalue weighted by molar-refractivity contribution is 0.597. The highest BCUT2D eigenvalue weighted by molar-refractivity contribution is 5.80. The molecule has 0 bridgehead atoms. The molecule has 0 saturated carbocycles. The van der Waals surface area contributed by atoms with Gasteiger partial charge in [-0.2, -0.15) is 0 Å². The summed E-state index contributed by atoms with van der Waals surface area (Å²) >= 11 is 0. The van der Waals surface area contributed by atoms with Crippen LogP contribution in [0.5, 0.6) is 0 Å². The number of aromatic nitrogens is 4. The van der Waals surface area contributed by atoms with Crippen molar-refractivity contribution >= 4 is 11.8 Å². The molecule has 9 heteroatoms. The first-order chi connectivity index (χ1) is 14.2. The van der Waals surface area contributed by atoms with E-state index in [1.807, 2.05) is 4.90 Å². The summed E-state index contributed by atoms with van der Waals surface area (Å²) in [5.74, 6) is 3.07. The Labute approximate surface area is 170 Å². The number of aryl methyl sites for hydroxylation is 1. The van der Waals surface area contributed by atoms with Crippen LogP contribution in [-0.2, 0) is 19.4 Å². The molecule has 8 nitrogen and oxygen atoms in total. The van der Waals surface area contributed by atoms with E-state index in [1.54, 1.807) is 19.3 Å². The summed E-state index contributed by atoms with van der Waals surface area (Å²) in [5, 5.41) is 15.6. The van der Waals surface area contributed by atoms with Gasteiger partial charge in [0.15, 0.2) is 17.6 Å². The second-order valence-electron chi connectivity index (χ2n) is 7.63. The van der Waals surface area contributed by atoms with Crippen molar-refractivity contribution in [2.45, 2.75) is 51.1 Å². The fraction of sp³-hybridized carbons (Fsp3) is 0.600. The Balaban J connectivity index is 1.27. The molecule has 4 heterocycles. The number of rotatable bonds is 5. The van der Waals surface area contributed by atoms with Crippen molar-refractivity contribution in [1.29, 1.82) is 0 Å². The van der Waals surface area contributed by atoms with E-state index in [2.05, 4.69) is 35.4 Å². The minimum atomic E-state index is -0.275. The predicted octanol–water partition coefficient (Wildman–Crippen LogP) is 1.52. The smallest absolute Gasteiger partial charge is 0.191 e. The van der Waals surface area contributed by atoms with E-state index in [-0.39, 0.29) is 11.9 Å². The number of hydrogen-bond acceptors (Lipinski definition) is 5. The molecule has 29 heavy (non-hydrogen) atoms. The van der Waals surface area contributed by atoms with Crippen molar-refractivity contribution in [3.8, 4) is 0 Å². The number of aliphatic imine (C=N–C) groups is 1. The van der Waals surface area contributed by atoms with Gasteiger partial charge in [0.25, 0.3) is 0 Å². The van der Waals surface area contributed by atoms with E-state index >= 15 is 0 Å². The van der Waals surface area contributed by atoms with E-state index in [0.717, 1.165) is 56.5 Å². The first-order valence-electron chi connectivity index (χ1n) is 10.5. The van der Waals surface area contributed by atoms with E-state index < -0.39 is 0 Å². The van der Waals surface area contributed by atoms with Gasteiger partial charge in [0.2, 0.25) is 0 Å². The molecule has 1 atom stereocenters. The van der Waals surface area contributed by atoms with E-state index in [9.17, 15) is 4.39 Å². The lowest BCUT2D eigenvalue weighted by Gasteiger charge is -2.20. The van der Waals surface area contributed by atoms with E-state index in [4.69, 9.17) is 0 Å². The molecule has 1 saturated heterocycles. The van der Waals surface area contributed by atoms with Crippen molar-refractivity contribution in [1.82, 2.24) is 30.4 Å². The van der Waals surface area contributed by atoms with E-state index in [1.165, 1.54) is 25.3 Å². The maximum atomic E-state index is 14.0. The summed E-state index contributed by atoms with van der Waals surface area (Å²) in [6, 6.07) is 3.27. The molecule has 156 valence electrons. The second-order valence-corrected chi connectivity index (χ2v) is 7.63. The molecule has 0 aromatic carbocycles. The van der Waals surface area contributed by atoms with Crippen LogP contribution in [-0.4, -0.2) is 58.4 Å². The molecule has 0 aliphatic carbocycles. The first-order valence-corrected chi connectivity index (χ1v) is 10.5. The first kappa shape index (κ1) is 19.6. The molecule has 2 aliphatic rings. The van der Waals surface area contributed by atoms with Crippen LogP contribution in [0, 0.1) is 5.82 Å². The summed E-state index contributed by atoms with van der Waals surface area (Å²) in [4.78, 5) is 10.5. The Bertz CT molecular complexity index is 849. The van der Waals surface area contributed by atoms with Crippen LogP contribution in [0.15, 0.2) is 23.3 Å². The standard InChI is InChI=1S/C20H29FN8/c1-22-20(24-11-8-18-27-26-17-7-3-2-4-12-29(17)18)25-15-9-13-28(14-15)19-16(21)6-5-10-23-19/h5-6,10,15H,2-4,7-9,11-14H2,1H3,(H2,22,24,25). The monoisotopic (exact) mass is 400 g/mol. The Kier molecular flexibility index (Phi) is 6.21. The molecule has 0 spiro atoms. The van der Waals surface area contributed by atoms with Crippen LogP contribution in [0.1, 0.15) is 37.3 Å². The maximum Gasteiger partial charge on any atom is 0.191 e. The van der Waals surface area contributed by atoms with Crippen molar-refractivity contribution in [2.75, 3.05) is 31.6 Å². The maximum absolute atomic E-state index is 14.0. The van der Waals surface area contributed by atoms with Gasteiger partial charge in [0, 0.05) is 58.3 Å². The molecule has 4 rings (SSSR count). The number of guanidine groups is 1. The Hall–Kier alpha value is -2.71. The van der Waals surface area contributed by atoms with Gasteiger partial charge < -0.3 is 20.1 Å². The van der Waals surface area contributed by atoms with Crippen LogP contribution in [0.3, 0.4) is 0 Å². The number of nitrogens with one attached hydrogen (secondary N) is 2. The van der Waals surface area contributed by atoms with Crippen LogP contribution < -0.4 is 15.5 Å². The van der Waals surface area contributed by atoms with Gasteiger partial charge in [0.05, 0.1) is 0 Å². The minimum absolute atomic E-state index is 0.201. The zero-order valence-electron chi connectivity index (χ0n) is 16.9. The molecule has 1 unspecified atom stereocenters. The molecule has 2 N–H and O–H groups in total. The summed E-state index contributed by atoms with van der Waals surface area (Å²) in [5.41, 5.74) is 0. The quantitative estimate of drug-likeness (QED) is 0.585. The Morgan fingerprint density at radius 3 is 3.07 bits per heavy atom. The third-order valence-electron chi connectivity index (χ3n) is 5.62. The third kappa shape index (κ3) is 4.65. The molecule has 0 radical (unpaired) electrons. The zero-order chi connectivity index (χ0) is 20.1. The highest BCUT2D eigenvalue weighted by Gasteiger charge is 2.26. The SMILES string of the molecule is CN=C(NCCc1nnc2n1CCCCC2)NC1CCN(c2ncccc2F)C1. The number of halogens is 1. The summed E-state index contributed by atoms with van der Waals surface area (Å²) in [6.45, 7) is 3.23.